The zero-order valence-corrected chi connectivity index (χ0v) is 11.9. The normalized spacial score (nSPS) is 33.4. The second-order valence-corrected chi connectivity index (χ2v) is 6.38. The molecule has 1 saturated carbocycles. The van der Waals surface area contributed by atoms with Crippen LogP contribution in [-0.4, -0.2) is 37.1 Å². The molecule has 0 aromatic rings. The third-order valence-corrected chi connectivity index (χ3v) is 4.95. The van der Waals surface area contributed by atoms with Crippen LogP contribution in [0.4, 0.5) is 0 Å². The fraction of sp³-hybridized carbons (Fsp3) is 1.00. The maximum Gasteiger partial charge on any atom is 0.0223 e. The third-order valence-electron chi connectivity index (χ3n) is 4.95. The molecule has 17 heavy (non-hydrogen) atoms. The van der Waals surface area contributed by atoms with Gasteiger partial charge >= 0.3 is 0 Å². The quantitative estimate of drug-likeness (QED) is 0.792. The van der Waals surface area contributed by atoms with Gasteiger partial charge in [-0.3, -0.25) is 0 Å². The van der Waals surface area contributed by atoms with E-state index < -0.39 is 0 Å². The standard InChI is InChI=1S/C15H30N2/c1-4-16-15(14-7-5-6-8-14)11-17-9-12(2)13(3)10-17/h12-16H,4-11H2,1-3H3. The van der Waals surface area contributed by atoms with Crippen molar-refractivity contribution < 1.29 is 0 Å². The van der Waals surface area contributed by atoms with E-state index in [1.807, 2.05) is 0 Å². The van der Waals surface area contributed by atoms with Crippen molar-refractivity contribution in [1.29, 1.82) is 0 Å². The van der Waals surface area contributed by atoms with Gasteiger partial charge in [-0.25, -0.2) is 0 Å². The van der Waals surface area contributed by atoms with E-state index in [1.165, 1.54) is 45.3 Å². The fourth-order valence-corrected chi connectivity index (χ4v) is 3.68. The summed E-state index contributed by atoms with van der Waals surface area (Å²) in [5.41, 5.74) is 0. The first-order chi connectivity index (χ1) is 8.20. The zero-order valence-electron chi connectivity index (χ0n) is 11.9. The summed E-state index contributed by atoms with van der Waals surface area (Å²) in [6.45, 7) is 12.1. The maximum absolute atomic E-state index is 3.74. The van der Waals surface area contributed by atoms with E-state index in [4.69, 9.17) is 0 Å². The summed E-state index contributed by atoms with van der Waals surface area (Å²) in [4.78, 5) is 2.70. The van der Waals surface area contributed by atoms with Gasteiger partial charge in [-0.1, -0.05) is 33.6 Å². The molecule has 3 unspecified atom stereocenters. The molecule has 2 nitrogen and oxygen atoms in total. The van der Waals surface area contributed by atoms with Crippen LogP contribution in [0.25, 0.3) is 0 Å². The Labute approximate surface area is 107 Å². The van der Waals surface area contributed by atoms with E-state index in [2.05, 4.69) is 31.0 Å². The number of likely N-dealkylation sites (N-methyl/N-ethyl adjacent to an activating group) is 1. The predicted molar refractivity (Wildman–Crippen MR) is 74.2 cm³/mol. The summed E-state index contributed by atoms with van der Waals surface area (Å²) in [6.07, 6.45) is 5.83. The molecule has 0 bridgehead atoms. The Morgan fingerprint density at radius 2 is 1.71 bits per heavy atom. The summed E-state index contributed by atoms with van der Waals surface area (Å²) in [7, 11) is 0. The van der Waals surface area contributed by atoms with Gasteiger partial charge in [0, 0.05) is 25.7 Å². The van der Waals surface area contributed by atoms with Crippen LogP contribution in [0.1, 0.15) is 46.5 Å². The minimum atomic E-state index is 0.750. The van der Waals surface area contributed by atoms with Crippen LogP contribution in [0.2, 0.25) is 0 Å². The molecule has 100 valence electrons. The van der Waals surface area contributed by atoms with E-state index in [9.17, 15) is 0 Å². The van der Waals surface area contributed by atoms with Crippen LogP contribution < -0.4 is 5.32 Å². The van der Waals surface area contributed by atoms with Crippen LogP contribution in [0, 0.1) is 17.8 Å². The molecule has 1 heterocycles. The van der Waals surface area contributed by atoms with Crippen molar-refractivity contribution in [2.75, 3.05) is 26.2 Å². The second kappa shape index (κ2) is 6.19. The van der Waals surface area contributed by atoms with Gasteiger partial charge in [-0.05, 0) is 37.1 Å². The largest absolute Gasteiger partial charge is 0.313 e. The average molecular weight is 238 g/mol. The van der Waals surface area contributed by atoms with Gasteiger partial charge in [-0.2, -0.15) is 0 Å². The average Bonchev–Trinajstić information content (AvgIpc) is 2.89. The highest BCUT2D eigenvalue weighted by molar-refractivity contribution is 4.86. The number of likely N-dealkylation sites (tertiary alicyclic amines) is 1. The van der Waals surface area contributed by atoms with Crippen LogP contribution in [-0.2, 0) is 0 Å². The van der Waals surface area contributed by atoms with Gasteiger partial charge in [0.25, 0.3) is 0 Å². The number of hydrogen-bond donors (Lipinski definition) is 1. The lowest BCUT2D eigenvalue weighted by Crippen LogP contribution is -2.44. The lowest BCUT2D eigenvalue weighted by molar-refractivity contribution is 0.236. The Morgan fingerprint density at radius 3 is 2.24 bits per heavy atom. The number of nitrogens with one attached hydrogen (secondary N) is 1. The van der Waals surface area contributed by atoms with Crippen molar-refractivity contribution >= 4 is 0 Å². The molecule has 1 aliphatic carbocycles. The molecule has 3 atom stereocenters. The lowest BCUT2D eigenvalue weighted by Gasteiger charge is -2.29. The molecule has 1 N–H and O–H groups in total. The van der Waals surface area contributed by atoms with Crippen LogP contribution in [0.5, 0.6) is 0 Å². The second-order valence-electron chi connectivity index (χ2n) is 6.38. The Morgan fingerprint density at radius 1 is 1.12 bits per heavy atom. The maximum atomic E-state index is 3.74. The molecule has 0 spiro atoms. The molecular weight excluding hydrogens is 208 g/mol. The molecule has 0 radical (unpaired) electrons. The Bertz CT molecular complexity index is 213. The monoisotopic (exact) mass is 238 g/mol. The molecule has 2 rings (SSSR count). The predicted octanol–water partition coefficient (Wildman–Crippen LogP) is 2.74. The number of nitrogens with zero attached hydrogens (tertiary/aromatic N) is 1. The number of hydrogen-bond acceptors (Lipinski definition) is 2. The Balaban J connectivity index is 1.84. The van der Waals surface area contributed by atoms with E-state index in [1.54, 1.807) is 0 Å². The van der Waals surface area contributed by atoms with Crippen molar-refractivity contribution in [2.24, 2.45) is 17.8 Å². The lowest BCUT2D eigenvalue weighted by atomic mass is 9.97. The molecule has 0 amide bonds. The Hall–Kier alpha value is -0.0800. The topological polar surface area (TPSA) is 15.3 Å². The highest BCUT2D eigenvalue weighted by atomic mass is 15.2. The van der Waals surface area contributed by atoms with E-state index >= 15 is 0 Å². The summed E-state index contributed by atoms with van der Waals surface area (Å²) in [6, 6.07) is 0.750. The first kappa shape index (κ1) is 13.4. The van der Waals surface area contributed by atoms with Gasteiger partial charge < -0.3 is 10.2 Å². The van der Waals surface area contributed by atoms with Gasteiger partial charge in [0.05, 0.1) is 0 Å². The molecule has 2 fully saturated rings. The highest BCUT2D eigenvalue weighted by Crippen LogP contribution is 2.29. The summed E-state index contributed by atoms with van der Waals surface area (Å²) < 4.78 is 0. The fourth-order valence-electron chi connectivity index (χ4n) is 3.68. The zero-order chi connectivity index (χ0) is 12.3. The van der Waals surface area contributed by atoms with Crippen molar-refractivity contribution in [3.8, 4) is 0 Å². The highest BCUT2D eigenvalue weighted by Gasteiger charge is 2.31. The van der Waals surface area contributed by atoms with Crippen molar-refractivity contribution in [1.82, 2.24) is 10.2 Å². The van der Waals surface area contributed by atoms with E-state index in [0.29, 0.717) is 0 Å². The molecule has 2 heteroatoms. The van der Waals surface area contributed by atoms with Crippen molar-refractivity contribution in [2.45, 2.75) is 52.5 Å². The Kier molecular flexibility index (Phi) is 4.87. The third kappa shape index (κ3) is 3.45. The van der Waals surface area contributed by atoms with E-state index in [0.717, 1.165) is 30.3 Å². The number of rotatable bonds is 5. The van der Waals surface area contributed by atoms with Crippen LogP contribution >= 0.6 is 0 Å². The molecule has 0 aromatic heterocycles. The van der Waals surface area contributed by atoms with Gasteiger partial charge in [0.15, 0.2) is 0 Å². The first-order valence-electron chi connectivity index (χ1n) is 7.66. The summed E-state index contributed by atoms with van der Waals surface area (Å²) in [5.74, 6) is 2.72. The SMILES string of the molecule is CCNC(CN1CC(C)C(C)C1)C1CCCC1. The molecule has 0 aromatic carbocycles. The van der Waals surface area contributed by atoms with E-state index in [-0.39, 0.29) is 0 Å². The van der Waals surface area contributed by atoms with Crippen molar-refractivity contribution in [3.63, 3.8) is 0 Å². The minimum absolute atomic E-state index is 0.750. The van der Waals surface area contributed by atoms with Crippen LogP contribution in [0.15, 0.2) is 0 Å². The van der Waals surface area contributed by atoms with Gasteiger partial charge in [0.1, 0.15) is 0 Å². The van der Waals surface area contributed by atoms with Gasteiger partial charge in [0.2, 0.25) is 0 Å². The first-order valence-corrected chi connectivity index (χ1v) is 7.66. The molecule has 1 saturated heterocycles. The summed E-state index contributed by atoms with van der Waals surface area (Å²) in [5, 5.41) is 3.74. The minimum Gasteiger partial charge on any atom is -0.313 e. The van der Waals surface area contributed by atoms with Crippen molar-refractivity contribution in [3.05, 3.63) is 0 Å². The summed E-state index contributed by atoms with van der Waals surface area (Å²) >= 11 is 0. The molecule has 1 aliphatic heterocycles. The van der Waals surface area contributed by atoms with Crippen LogP contribution in [0.3, 0.4) is 0 Å². The molecule has 2 aliphatic rings. The smallest absolute Gasteiger partial charge is 0.0223 e. The van der Waals surface area contributed by atoms with Gasteiger partial charge in [-0.15, -0.1) is 0 Å². The molecular formula is C15H30N2.